The molecule has 0 fully saturated rings. The first-order valence-corrected chi connectivity index (χ1v) is 6.30. The molecule has 0 saturated carbocycles. The third-order valence-corrected chi connectivity index (χ3v) is 2.82. The van der Waals surface area contributed by atoms with E-state index < -0.39 is 17.8 Å². The number of carbonyl (C=O) groups excluding carboxylic acids is 1. The second-order valence-corrected chi connectivity index (χ2v) is 4.35. The number of hydrogen-bond donors (Lipinski definition) is 2. The van der Waals surface area contributed by atoms with Crippen molar-refractivity contribution >= 4 is 17.6 Å². The quantitative estimate of drug-likeness (QED) is 0.828. The summed E-state index contributed by atoms with van der Waals surface area (Å²) in [6, 6.07) is 10.8. The highest BCUT2D eigenvalue weighted by molar-refractivity contribution is 6.03. The van der Waals surface area contributed by atoms with E-state index in [2.05, 4.69) is 10.3 Å². The molecule has 108 valence electrons. The van der Waals surface area contributed by atoms with Crippen LogP contribution in [0.15, 0.2) is 42.5 Å². The van der Waals surface area contributed by atoms with E-state index in [0.29, 0.717) is 17.7 Å². The molecule has 2 N–H and O–H groups in total. The molecule has 2 rings (SSSR count). The Morgan fingerprint density at radius 1 is 1.14 bits per heavy atom. The smallest absolute Gasteiger partial charge is 0.303 e. The van der Waals surface area contributed by atoms with Gasteiger partial charge < -0.3 is 10.4 Å². The lowest BCUT2D eigenvalue weighted by Gasteiger charge is -2.10. The first-order chi connectivity index (χ1) is 10.1. The molecule has 0 aliphatic rings. The van der Waals surface area contributed by atoms with Gasteiger partial charge in [0.05, 0.1) is 0 Å². The fourth-order valence-corrected chi connectivity index (χ4v) is 1.82. The van der Waals surface area contributed by atoms with E-state index in [9.17, 15) is 14.0 Å². The van der Waals surface area contributed by atoms with Gasteiger partial charge in [0, 0.05) is 12.1 Å². The number of hydrogen-bond acceptors (Lipinski definition) is 3. The van der Waals surface area contributed by atoms with E-state index in [1.807, 2.05) is 0 Å². The van der Waals surface area contributed by atoms with Crippen LogP contribution in [0.3, 0.4) is 0 Å². The van der Waals surface area contributed by atoms with Crippen molar-refractivity contribution in [2.75, 3.05) is 5.32 Å². The number of amides is 1. The van der Waals surface area contributed by atoms with E-state index in [1.165, 1.54) is 12.1 Å². The second kappa shape index (κ2) is 6.60. The van der Waals surface area contributed by atoms with Crippen molar-refractivity contribution < 1.29 is 19.1 Å². The SMILES string of the molecule is O=C(O)CCc1ccccc1NC(=O)c1cccc(F)n1. The number of halogens is 1. The van der Waals surface area contributed by atoms with Gasteiger partial charge in [-0.2, -0.15) is 4.39 Å². The lowest BCUT2D eigenvalue weighted by Crippen LogP contribution is -2.15. The van der Waals surface area contributed by atoms with E-state index in [0.717, 1.165) is 6.07 Å². The monoisotopic (exact) mass is 288 g/mol. The van der Waals surface area contributed by atoms with Gasteiger partial charge in [-0.15, -0.1) is 0 Å². The number of aryl methyl sites for hydroxylation is 1. The molecule has 0 radical (unpaired) electrons. The zero-order chi connectivity index (χ0) is 15.2. The van der Waals surface area contributed by atoms with Crippen molar-refractivity contribution in [3.05, 3.63) is 59.7 Å². The number of anilines is 1. The first-order valence-electron chi connectivity index (χ1n) is 6.30. The summed E-state index contributed by atoms with van der Waals surface area (Å²) >= 11 is 0. The molecule has 0 unspecified atom stereocenters. The summed E-state index contributed by atoms with van der Waals surface area (Å²) in [5, 5.41) is 11.3. The Hall–Kier alpha value is -2.76. The molecule has 21 heavy (non-hydrogen) atoms. The molecule has 1 aromatic heterocycles. The first kappa shape index (κ1) is 14.6. The van der Waals surface area contributed by atoms with Crippen LogP contribution < -0.4 is 5.32 Å². The molecule has 1 aromatic carbocycles. The summed E-state index contributed by atoms with van der Waals surface area (Å²) in [5.41, 5.74) is 1.16. The average Bonchev–Trinajstić information content (AvgIpc) is 2.46. The standard InChI is InChI=1S/C15H13FN2O3/c16-13-7-3-6-12(17-13)15(21)18-11-5-2-1-4-10(11)8-9-14(19)20/h1-7H,8-9H2,(H,18,21)(H,19,20). The van der Waals surface area contributed by atoms with Crippen LogP contribution in [0.4, 0.5) is 10.1 Å². The number of nitrogens with one attached hydrogen (secondary N) is 1. The van der Waals surface area contributed by atoms with Gasteiger partial charge in [0.1, 0.15) is 5.69 Å². The zero-order valence-corrected chi connectivity index (χ0v) is 11.0. The molecule has 2 aromatic rings. The zero-order valence-electron chi connectivity index (χ0n) is 11.0. The fourth-order valence-electron chi connectivity index (χ4n) is 1.82. The fraction of sp³-hybridized carbons (Fsp3) is 0.133. The summed E-state index contributed by atoms with van der Waals surface area (Å²) < 4.78 is 13.0. The normalized spacial score (nSPS) is 10.1. The van der Waals surface area contributed by atoms with Crippen LogP contribution in [0.5, 0.6) is 0 Å². The highest BCUT2D eigenvalue weighted by atomic mass is 19.1. The molecule has 0 spiro atoms. The van der Waals surface area contributed by atoms with E-state index in [-0.39, 0.29) is 12.1 Å². The molecule has 0 atom stereocenters. The number of pyridine rings is 1. The van der Waals surface area contributed by atoms with Gasteiger partial charge >= 0.3 is 5.97 Å². The third-order valence-electron chi connectivity index (χ3n) is 2.82. The number of rotatable bonds is 5. The van der Waals surface area contributed by atoms with Crippen molar-refractivity contribution in [3.8, 4) is 0 Å². The van der Waals surface area contributed by atoms with Crippen molar-refractivity contribution in [2.45, 2.75) is 12.8 Å². The number of nitrogens with zero attached hydrogens (tertiary/aromatic N) is 1. The second-order valence-electron chi connectivity index (χ2n) is 4.35. The van der Waals surface area contributed by atoms with Gasteiger partial charge in [0.15, 0.2) is 0 Å². The lowest BCUT2D eigenvalue weighted by molar-refractivity contribution is -0.136. The summed E-state index contributed by atoms with van der Waals surface area (Å²) in [6.07, 6.45) is 0.257. The average molecular weight is 288 g/mol. The van der Waals surface area contributed by atoms with Crippen LogP contribution in [0.1, 0.15) is 22.5 Å². The largest absolute Gasteiger partial charge is 0.481 e. The number of benzene rings is 1. The predicted molar refractivity (Wildman–Crippen MR) is 74.5 cm³/mol. The van der Waals surface area contributed by atoms with Gasteiger partial charge in [-0.05, 0) is 30.2 Å². The Balaban J connectivity index is 2.15. The highest BCUT2D eigenvalue weighted by Crippen LogP contribution is 2.17. The minimum absolute atomic E-state index is 0.0366. The molecule has 1 heterocycles. The van der Waals surface area contributed by atoms with Crippen molar-refractivity contribution in [2.24, 2.45) is 0 Å². The van der Waals surface area contributed by atoms with E-state index in [4.69, 9.17) is 5.11 Å². The van der Waals surface area contributed by atoms with Crippen molar-refractivity contribution in [1.29, 1.82) is 0 Å². The Morgan fingerprint density at radius 3 is 2.62 bits per heavy atom. The summed E-state index contributed by atoms with van der Waals surface area (Å²) in [5.74, 6) is -2.19. The van der Waals surface area contributed by atoms with Crippen LogP contribution in [0.2, 0.25) is 0 Å². The summed E-state index contributed by atoms with van der Waals surface area (Å²) in [4.78, 5) is 26.1. The van der Waals surface area contributed by atoms with Crippen molar-refractivity contribution in [3.63, 3.8) is 0 Å². The van der Waals surface area contributed by atoms with Crippen LogP contribution >= 0.6 is 0 Å². The third kappa shape index (κ3) is 4.10. The van der Waals surface area contributed by atoms with Crippen LogP contribution in [0.25, 0.3) is 0 Å². The van der Waals surface area contributed by atoms with Gasteiger partial charge in [-0.3, -0.25) is 9.59 Å². The van der Waals surface area contributed by atoms with Crippen molar-refractivity contribution in [1.82, 2.24) is 4.98 Å². The summed E-state index contributed by atoms with van der Waals surface area (Å²) in [6.45, 7) is 0. The Morgan fingerprint density at radius 2 is 1.90 bits per heavy atom. The molecule has 1 amide bonds. The molecular formula is C15H13FN2O3. The molecule has 6 heteroatoms. The van der Waals surface area contributed by atoms with Crippen LogP contribution in [-0.2, 0) is 11.2 Å². The lowest BCUT2D eigenvalue weighted by atomic mass is 10.1. The molecule has 0 bridgehead atoms. The molecular weight excluding hydrogens is 275 g/mol. The highest BCUT2D eigenvalue weighted by Gasteiger charge is 2.11. The maximum Gasteiger partial charge on any atom is 0.303 e. The van der Waals surface area contributed by atoms with Gasteiger partial charge in [-0.25, -0.2) is 4.98 Å². The van der Waals surface area contributed by atoms with Crippen LogP contribution in [0, 0.1) is 5.95 Å². The topological polar surface area (TPSA) is 79.3 Å². The van der Waals surface area contributed by atoms with E-state index in [1.54, 1.807) is 24.3 Å². The Kier molecular flexibility index (Phi) is 4.61. The minimum Gasteiger partial charge on any atom is -0.481 e. The van der Waals surface area contributed by atoms with Gasteiger partial charge in [0.25, 0.3) is 5.91 Å². The maximum absolute atomic E-state index is 13.0. The number of para-hydroxylation sites is 1. The number of carboxylic acid groups (broad SMARTS) is 1. The summed E-state index contributed by atoms with van der Waals surface area (Å²) in [7, 11) is 0. The molecule has 0 aliphatic carbocycles. The molecule has 0 aliphatic heterocycles. The van der Waals surface area contributed by atoms with Gasteiger partial charge in [0.2, 0.25) is 5.95 Å². The van der Waals surface area contributed by atoms with Gasteiger partial charge in [-0.1, -0.05) is 24.3 Å². The number of carbonyl (C=O) groups is 2. The van der Waals surface area contributed by atoms with Crippen LogP contribution in [-0.4, -0.2) is 22.0 Å². The Labute approximate surface area is 120 Å². The molecule has 5 nitrogen and oxygen atoms in total. The number of aliphatic carboxylic acids is 1. The molecule has 0 saturated heterocycles. The minimum atomic E-state index is -0.914. The number of carboxylic acids is 1. The maximum atomic E-state index is 13.0. The van der Waals surface area contributed by atoms with E-state index >= 15 is 0 Å². The Bertz CT molecular complexity index is 673. The number of aromatic nitrogens is 1. The predicted octanol–water partition coefficient (Wildman–Crippen LogP) is 2.49.